The summed E-state index contributed by atoms with van der Waals surface area (Å²) >= 11 is 0. The van der Waals surface area contributed by atoms with Gasteiger partial charge in [0.25, 0.3) is 0 Å². The lowest BCUT2D eigenvalue weighted by atomic mass is 9.78. The number of hydrogen-bond acceptors (Lipinski definition) is 3. The summed E-state index contributed by atoms with van der Waals surface area (Å²) in [7, 11) is 0. The van der Waals surface area contributed by atoms with Gasteiger partial charge in [-0.15, -0.1) is 0 Å². The maximum atomic E-state index is 9.49. The van der Waals surface area contributed by atoms with E-state index in [4.69, 9.17) is 9.47 Å². The van der Waals surface area contributed by atoms with Crippen molar-refractivity contribution in [1.29, 1.82) is 0 Å². The Bertz CT molecular complexity index is 699. The first-order valence-corrected chi connectivity index (χ1v) is 8.97. The molecular formula is C22H28O3. The Hall–Kier alpha value is -1.84. The zero-order valence-corrected chi connectivity index (χ0v) is 15.6. The predicted octanol–water partition coefficient (Wildman–Crippen LogP) is 4.80. The van der Waals surface area contributed by atoms with Gasteiger partial charge in [-0.1, -0.05) is 50.2 Å². The molecule has 0 spiro atoms. The van der Waals surface area contributed by atoms with Crippen LogP contribution in [-0.4, -0.2) is 23.6 Å². The van der Waals surface area contributed by atoms with Crippen LogP contribution in [-0.2, 0) is 21.3 Å². The van der Waals surface area contributed by atoms with E-state index in [2.05, 4.69) is 38.1 Å². The molecule has 1 saturated heterocycles. The van der Waals surface area contributed by atoms with Crippen molar-refractivity contribution in [1.82, 2.24) is 0 Å². The topological polar surface area (TPSA) is 38.7 Å². The number of aryl methyl sites for hydroxylation is 1. The molecule has 2 aromatic carbocycles. The van der Waals surface area contributed by atoms with Gasteiger partial charge >= 0.3 is 0 Å². The lowest BCUT2D eigenvalue weighted by Crippen LogP contribution is -2.21. The number of aromatic hydroxyl groups is 1. The average molecular weight is 340 g/mol. The van der Waals surface area contributed by atoms with Crippen LogP contribution in [0.5, 0.6) is 5.75 Å². The van der Waals surface area contributed by atoms with Crippen LogP contribution in [0.25, 0.3) is 0 Å². The lowest BCUT2D eigenvalue weighted by molar-refractivity contribution is -0.138. The second kappa shape index (κ2) is 6.81. The molecule has 1 atom stereocenters. The van der Waals surface area contributed by atoms with Crippen LogP contribution in [0.4, 0.5) is 0 Å². The Morgan fingerprint density at radius 2 is 1.56 bits per heavy atom. The van der Waals surface area contributed by atoms with E-state index in [1.54, 1.807) is 12.1 Å². The largest absolute Gasteiger partial charge is 0.508 e. The molecule has 2 aromatic rings. The maximum absolute atomic E-state index is 9.49. The summed E-state index contributed by atoms with van der Waals surface area (Å²) in [6.45, 7) is 9.03. The molecular weight excluding hydrogens is 312 g/mol. The van der Waals surface area contributed by atoms with E-state index < -0.39 is 5.79 Å². The molecule has 0 amide bonds. The van der Waals surface area contributed by atoms with E-state index in [-0.39, 0.29) is 11.5 Å². The highest BCUT2D eigenvalue weighted by atomic mass is 16.7. The summed E-state index contributed by atoms with van der Waals surface area (Å²) in [5.74, 6) is -0.140. The van der Waals surface area contributed by atoms with Gasteiger partial charge in [0.2, 0.25) is 0 Å². The molecule has 25 heavy (non-hydrogen) atoms. The second-order valence-corrected chi connectivity index (χ2v) is 7.86. The molecule has 0 bridgehead atoms. The Morgan fingerprint density at radius 3 is 2.08 bits per heavy atom. The number of rotatable bonds is 5. The van der Waals surface area contributed by atoms with Crippen LogP contribution in [0.15, 0.2) is 48.5 Å². The lowest BCUT2D eigenvalue weighted by Gasteiger charge is -2.26. The van der Waals surface area contributed by atoms with Crippen molar-refractivity contribution in [2.24, 2.45) is 0 Å². The maximum Gasteiger partial charge on any atom is 0.163 e. The van der Waals surface area contributed by atoms with Crippen molar-refractivity contribution < 1.29 is 14.6 Å². The molecule has 3 rings (SSSR count). The minimum Gasteiger partial charge on any atom is -0.508 e. The number of phenolic OH excluding ortho intramolecular Hbond substituents is 1. The Labute approximate surface area is 150 Å². The minimum absolute atomic E-state index is 0.0986. The molecule has 0 radical (unpaired) electrons. The second-order valence-electron chi connectivity index (χ2n) is 7.86. The standard InChI is InChI=1S/C22H28O3/c1-21(2,18-10-12-19(23)13-11-18)17-8-5-16(6-9-17)7-14-20-15-24-22(3,4)25-20/h5-6,8-13,20,23H,7,14-15H2,1-4H3/t20-/m0/s1. The minimum atomic E-state index is -0.442. The zero-order valence-electron chi connectivity index (χ0n) is 15.6. The molecule has 0 unspecified atom stereocenters. The predicted molar refractivity (Wildman–Crippen MR) is 99.9 cm³/mol. The molecule has 3 nitrogen and oxygen atoms in total. The third-order valence-corrected chi connectivity index (χ3v) is 5.09. The molecule has 1 heterocycles. The monoisotopic (exact) mass is 340 g/mol. The van der Waals surface area contributed by atoms with Gasteiger partial charge < -0.3 is 14.6 Å². The average Bonchev–Trinajstić information content (AvgIpc) is 2.93. The fourth-order valence-electron chi connectivity index (χ4n) is 3.37. The molecule has 1 N–H and O–H groups in total. The number of ether oxygens (including phenoxy) is 2. The summed E-state index contributed by atoms with van der Waals surface area (Å²) < 4.78 is 11.5. The third kappa shape index (κ3) is 4.23. The summed E-state index contributed by atoms with van der Waals surface area (Å²) in [5.41, 5.74) is 3.68. The van der Waals surface area contributed by atoms with Gasteiger partial charge in [0.1, 0.15) is 5.75 Å². The molecule has 0 aliphatic carbocycles. The zero-order chi connectivity index (χ0) is 18.1. The smallest absolute Gasteiger partial charge is 0.163 e. The van der Waals surface area contributed by atoms with Crippen LogP contribution in [0.1, 0.15) is 50.8 Å². The first-order valence-electron chi connectivity index (χ1n) is 8.97. The molecule has 0 aromatic heterocycles. The van der Waals surface area contributed by atoms with E-state index >= 15 is 0 Å². The van der Waals surface area contributed by atoms with Crippen LogP contribution in [0.2, 0.25) is 0 Å². The van der Waals surface area contributed by atoms with Crippen LogP contribution < -0.4 is 0 Å². The molecule has 0 saturated carbocycles. The first kappa shape index (κ1) is 18.0. The molecule has 134 valence electrons. The Morgan fingerprint density at radius 1 is 1.00 bits per heavy atom. The van der Waals surface area contributed by atoms with Crippen molar-refractivity contribution in [3.8, 4) is 5.75 Å². The summed E-state index contributed by atoms with van der Waals surface area (Å²) in [6.07, 6.45) is 2.15. The van der Waals surface area contributed by atoms with Crippen molar-refractivity contribution in [3.05, 3.63) is 65.2 Å². The van der Waals surface area contributed by atoms with Gasteiger partial charge in [-0.3, -0.25) is 0 Å². The fourth-order valence-corrected chi connectivity index (χ4v) is 3.37. The van der Waals surface area contributed by atoms with Gasteiger partial charge in [-0.05, 0) is 55.5 Å². The Balaban J connectivity index is 1.64. The van der Waals surface area contributed by atoms with Crippen molar-refractivity contribution in [2.75, 3.05) is 6.61 Å². The number of benzene rings is 2. The van der Waals surface area contributed by atoms with Crippen LogP contribution in [0.3, 0.4) is 0 Å². The normalized spacial score (nSPS) is 19.9. The Kier molecular flexibility index (Phi) is 4.90. The first-order chi connectivity index (χ1) is 11.8. The van der Waals surface area contributed by atoms with Gasteiger partial charge in [0.05, 0.1) is 12.7 Å². The highest BCUT2D eigenvalue weighted by Gasteiger charge is 2.32. The van der Waals surface area contributed by atoms with Crippen LogP contribution >= 0.6 is 0 Å². The summed E-state index contributed by atoms with van der Waals surface area (Å²) in [5, 5.41) is 9.49. The van der Waals surface area contributed by atoms with E-state index in [9.17, 15) is 5.11 Å². The van der Waals surface area contributed by atoms with Crippen molar-refractivity contribution >= 4 is 0 Å². The third-order valence-electron chi connectivity index (χ3n) is 5.09. The van der Waals surface area contributed by atoms with E-state index in [1.165, 1.54) is 16.7 Å². The van der Waals surface area contributed by atoms with Gasteiger partial charge in [0, 0.05) is 5.41 Å². The molecule has 1 fully saturated rings. The summed E-state index contributed by atoms with van der Waals surface area (Å²) in [6, 6.07) is 16.3. The van der Waals surface area contributed by atoms with E-state index in [0.29, 0.717) is 12.4 Å². The highest BCUT2D eigenvalue weighted by molar-refractivity contribution is 5.40. The van der Waals surface area contributed by atoms with Crippen molar-refractivity contribution in [3.63, 3.8) is 0 Å². The number of phenols is 1. The SMILES string of the molecule is CC1(C)OC[C@H](CCc2ccc(C(C)(C)c3ccc(O)cc3)cc2)O1. The quantitative estimate of drug-likeness (QED) is 0.849. The van der Waals surface area contributed by atoms with E-state index in [0.717, 1.165) is 12.8 Å². The molecule has 3 heteroatoms. The van der Waals surface area contributed by atoms with Gasteiger partial charge in [-0.2, -0.15) is 0 Å². The summed E-state index contributed by atoms with van der Waals surface area (Å²) in [4.78, 5) is 0. The van der Waals surface area contributed by atoms with Crippen LogP contribution in [0, 0.1) is 0 Å². The number of hydrogen-bond donors (Lipinski definition) is 1. The molecule has 1 aliphatic heterocycles. The highest BCUT2D eigenvalue weighted by Crippen LogP contribution is 2.32. The molecule has 1 aliphatic rings. The van der Waals surface area contributed by atoms with Crippen molar-refractivity contribution in [2.45, 2.75) is 57.8 Å². The van der Waals surface area contributed by atoms with E-state index in [1.807, 2.05) is 26.0 Å². The fraction of sp³-hybridized carbons (Fsp3) is 0.455. The van der Waals surface area contributed by atoms with Gasteiger partial charge in [-0.25, -0.2) is 0 Å². The van der Waals surface area contributed by atoms with Gasteiger partial charge in [0.15, 0.2) is 5.79 Å².